The molecule has 0 aliphatic heterocycles. The Balaban J connectivity index is 2.17. The molecule has 0 fully saturated rings. The van der Waals surface area contributed by atoms with E-state index in [9.17, 15) is 10.1 Å². The molecule has 0 saturated carbocycles. The Kier molecular flexibility index (Phi) is 7.08. The fourth-order valence-electron chi connectivity index (χ4n) is 2.22. The van der Waals surface area contributed by atoms with Gasteiger partial charge in [0, 0.05) is 13.1 Å². The number of carbonyl (C=O) groups is 1. The third-order valence-corrected chi connectivity index (χ3v) is 3.47. The van der Waals surface area contributed by atoms with Crippen molar-refractivity contribution in [2.24, 2.45) is 0 Å². The Morgan fingerprint density at radius 2 is 1.44 bits per heavy atom. The molecule has 0 atom stereocenters. The molecule has 128 valence electrons. The Hall–Kier alpha value is -3.26. The number of hydrogen-bond donors (Lipinski definition) is 2. The van der Waals surface area contributed by atoms with Gasteiger partial charge in [0.2, 0.25) is 0 Å². The highest BCUT2D eigenvalue weighted by Gasteiger charge is 2.16. The molecule has 5 heteroatoms. The molecule has 2 aromatic carbocycles. The third-order valence-electron chi connectivity index (χ3n) is 3.47. The summed E-state index contributed by atoms with van der Waals surface area (Å²) in [6.45, 7) is 2.90. The Bertz CT molecular complexity index is 704. The molecule has 0 aromatic heterocycles. The van der Waals surface area contributed by atoms with Crippen molar-refractivity contribution in [3.05, 3.63) is 83.2 Å². The average molecular weight is 335 g/mol. The zero-order chi connectivity index (χ0) is 17.9. The maximum absolute atomic E-state index is 12.1. The van der Waals surface area contributed by atoms with Gasteiger partial charge in [-0.05, 0) is 18.1 Å². The molecule has 0 bridgehead atoms. The first-order chi connectivity index (χ1) is 12.2. The van der Waals surface area contributed by atoms with E-state index in [2.05, 4.69) is 10.6 Å². The molecule has 5 nitrogen and oxygen atoms in total. The summed E-state index contributed by atoms with van der Waals surface area (Å²) in [5, 5.41) is 15.7. The zero-order valence-corrected chi connectivity index (χ0v) is 14.2. The topological polar surface area (TPSA) is 74.2 Å². The van der Waals surface area contributed by atoms with E-state index in [1.807, 2.05) is 66.7 Å². The first kappa shape index (κ1) is 18.1. The maximum atomic E-state index is 12.1. The fourth-order valence-corrected chi connectivity index (χ4v) is 2.22. The number of hydrogen-bond acceptors (Lipinski definition) is 5. The Morgan fingerprint density at radius 3 is 1.84 bits per heavy atom. The number of nitrogens with zero attached hydrogens (tertiary/aromatic N) is 1. The van der Waals surface area contributed by atoms with Crippen LogP contribution in [0.25, 0.3) is 0 Å². The second-order valence-corrected chi connectivity index (χ2v) is 5.26. The molecule has 2 aromatic rings. The molecule has 0 spiro atoms. The van der Waals surface area contributed by atoms with Crippen LogP contribution >= 0.6 is 0 Å². The quantitative estimate of drug-likeness (QED) is 0.441. The van der Waals surface area contributed by atoms with Crippen LogP contribution in [0.1, 0.15) is 18.1 Å². The first-order valence-electron chi connectivity index (χ1n) is 8.11. The second kappa shape index (κ2) is 9.78. The van der Waals surface area contributed by atoms with E-state index in [-0.39, 0.29) is 12.2 Å². The predicted molar refractivity (Wildman–Crippen MR) is 95.8 cm³/mol. The summed E-state index contributed by atoms with van der Waals surface area (Å²) >= 11 is 0. The summed E-state index contributed by atoms with van der Waals surface area (Å²) < 4.78 is 4.98. The number of ether oxygens (including phenoxy) is 1. The summed E-state index contributed by atoms with van der Waals surface area (Å²) in [5.74, 6) is -0.269. The van der Waals surface area contributed by atoms with Crippen molar-refractivity contribution in [2.75, 3.05) is 6.61 Å². The zero-order valence-electron chi connectivity index (χ0n) is 14.2. The molecule has 0 aliphatic rings. The minimum Gasteiger partial charge on any atom is -0.462 e. The van der Waals surface area contributed by atoms with Crippen LogP contribution in [0.5, 0.6) is 0 Å². The van der Waals surface area contributed by atoms with E-state index in [0.717, 1.165) is 11.1 Å². The van der Waals surface area contributed by atoms with Gasteiger partial charge in [-0.15, -0.1) is 0 Å². The molecule has 2 rings (SSSR count). The van der Waals surface area contributed by atoms with E-state index >= 15 is 0 Å². The van der Waals surface area contributed by atoms with Gasteiger partial charge in [0.1, 0.15) is 11.9 Å². The monoisotopic (exact) mass is 335 g/mol. The van der Waals surface area contributed by atoms with E-state index in [1.54, 1.807) is 6.92 Å². The third kappa shape index (κ3) is 5.70. The van der Waals surface area contributed by atoms with Gasteiger partial charge < -0.3 is 15.4 Å². The van der Waals surface area contributed by atoms with E-state index < -0.39 is 5.97 Å². The van der Waals surface area contributed by atoms with Gasteiger partial charge in [-0.3, -0.25) is 0 Å². The SMILES string of the molecule is CCOC(=O)C(C#N)=C(NCc1ccccc1)NCc1ccccc1. The van der Waals surface area contributed by atoms with Gasteiger partial charge in [0.25, 0.3) is 0 Å². The van der Waals surface area contributed by atoms with Crippen LogP contribution in [0.15, 0.2) is 72.1 Å². The van der Waals surface area contributed by atoms with Crippen LogP contribution in [0.4, 0.5) is 0 Å². The molecule has 0 heterocycles. The highest BCUT2D eigenvalue weighted by molar-refractivity contribution is 5.93. The number of rotatable bonds is 8. The van der Waals surface area contributed by atoms with Gasteiger partial charge in [-0.1, -0.05) is 60.7 Å². The lowest BCUT2D eigenvalue weighted by molar-refractivity contribution is -0.138. The van der Waals surface area contributed by atoms with Gasteiger partial charge >= 0.3 is 5.97 Å². The van der Waals surface area contributed by atoms with E-state index in [0.29, 0.717) is 18.9 Å². The molecular formula is C20H21N3O2. The molecule has 0 saturated heterocycles. The number of carbonyl (C=O) groups excluding carboxylic acids is 1. The van der Waals surface area contributed by atoms with Gasteiger partial charge in [-0.25, -0.2) is 4.79 Å². The number of esters is 1. The van der Waals surface area contributed by atoms with Crippen LogP contribution in [0.2, 0.25) is 0 Å². The largest absolute Gasteiger partial charge is 0.462 e. The molecule has 0 amide bonds. The van der Waals surface area contributed by atoms with Crippen molar-refractivity contribution in [3.63, 3.8) is 0 Å². The Labute approximate surface area is 147 Å². The van der Waals surface area contributed by atoms with E-state index in [4.69, 9.17) is 4.74 Å². The van der Waals surface area contributed by atoms with Crippen LogP contribution in [0.3, 0.4) is 0 Å². The summed E-state index contributed by atoms with van der Waals surface area (Å²) in [7, 11) is 0. The van der Waals surface area contributed by atoms with Gasteiger partial charge in [0.15, 0.2) is 5.57 Å². The Morgan fingerprint density at radius 1 is 0.960 bits per heavy atom. The highest BCUT2D eigenvalue weighted by atomic mass is 16.5. The van der Waals surface area contributed by atoms with Crippen molar-refractivity contribution >= 4 is 5.97 Å². The smallest absolute Gasteiger partial charge is 0.352 e. The number of benzene rings is 2. The molecule has 0 aliphatic carbocycles. The fraction of sp³-hybridized carbons (Fsp3) is 0.200. The standard InChI is InChI=1S/C20H21N3O2/c1-2-25-20(24)18(13-21)19(22-14-16-9-5-3-6-10-16)23-15-17-11-7-4-8-12-17/h3-12,22-23H,2,14-15H2,1H3. The second-order valence-electron chi connectivity index (χ2n) is 5.26. The lowest BCUT2D eigenvalue weighted by Crippen LogP contribution is -2.30. The van der Waals surface area contributed by atoms with Crippen molar-refractivity contribution < 1.29 is 9.53 Å². The minimum absolute atomic E-state index is 0.0614. The lowest BCUT2D eigenvalue weighted by atomic mass is 10.2. The summed E-state index contributed by atoms with van der Waals surface area (Å²) in [6, 6.07) is 21.5. The lowest BCUT2D eigenvalue weighted by Gasteiger charge is -2.15. The van der Waals surface area contributed by atoms with Crippen molar-refractivity contribution in [2.45, 2.75) is 20.0 Å². The van der Waals surface area contributed by atoms with Crippen LogP contribution in [-0.4, -0.2) is 12.6 Å². The summed E-state index contributed by atoms with van der Waals surface area (Å²) in [5.41, 5.74) is 2.03. The molecule has 2 N–H and O–H groups in total. The van der Waals surface area contributed by atoms with Crippen LogP contribution in [-0.2, 0) is 22.6 Å². The molecular weight excluding hydrogens is 314 g/mol. The van der Waals surface area contributed by atoms with Crippen LogP contribution in [0, 0.1) is 11.3 Å². The van der Waals surface area contributed by atoms with E-state index in [1.165, 1.54) is 0 Å². The molecule has 25 heavy (non-hydrogen) atoms. The summed E-state index contributed by atoms with van der Waals surface area (Å²) in [4.78, 5) is 12.1. The minimum atomic E-state index is -0.638. The maximum Gasteiger partial charge on any atom is 0.352 e. The van der Waals surface area contributed by atoms with Gasteiger partial charge in [0.05, 0.1) is 6.61 Å². The van der Waals surface area contributed by atoms with Crippen molar-refractivity contribution in [1.82, 2.24) is 10.6 Å². The average Bonchev–Trinajstić information content (AvgIpc) is 2.66. The molecule has 0 radical (unpaired) electrons. The van der Waals surface area contributed by atoms with Crippen LogP contribution < -0.4 is 10.6 Å². The number of nitriles is 1. The van der Waals surface area contributed by atoms with Crippen molar-refractivity contribution in [3.8, 4) is 6.07 Å². The van der Waals surface area contributed by atoms with Gasteiger partial charge in [-0.2, -0.15) is 5.26 Å². The first-order valence-corrected chi connectivity index (χ1v) is 8.11. The normalized spacial score (nSPS) is 9.60. The highest BCUT2D eigenvalue weighted by Crippen LogP contribution is 2.06. The number of nitrogens with one attached hydrogen (secondary N) is 2. The summed E-state index contributed by atoms with van der Waals surface area (Å²) in [6.07, 6.45) is 0. The van der Waals surface area contributed by atoms with Crippen molar-refractivity contribution in [1.29, 1.82) is 5.26 Å². The molecule has 0 unspecified atom stereocenters. The predicted octanol–water partition coefficient (Wildman–Crippen LogP) is 2.86.